The molecule has 5 heteroatoms. The summed E-state index contributed by atoms with van der Waals surface area (Å²) in [6.45, 7) is 3.99. The van der Waals surface area contributed by atoms with Crippen LogP contribution in [0.4, 0.5) is 0 Å². The number of nitrogens with two attached hydrogens (primary N) is 2. The highest BCUT2D eigenvalue weighted by Gasteiger charge is 2.19. The Balaban J connectivity index is 3.81. The van der Waals surface area contributed by atoms with E-state index in [1.54, 1.807) is 0 Å². The number of hydrogen-bond donors (Lipinski definition) is 3. The van der Waals surface area contributed by atoms with Crippen molar-refractivity contribution in [1.29, 1.82) is 0 Å². The van der Waals surface area contributed by atoms with Gasteiger partial charge in [0.2, 0.25) is 0 Å². The zero-order chi connectivity index (χ0) is 10.4. The molecule has 0 spiro atoms. The van der Waals surface area contributed by atoms with Gasteiger partial charge >= 0.3 is 5.97 Å². The molecule has 0 aliphatic heterocycles. The summed E-state index contributed by atoms with van der Waals surface area (Å²) in [5.74, 6) is 4.36. The van der Waals surface area contributed by atoms with Crippen molar-refractivity contribution >= 4 is 5.97 Å². The van der Waals surface area contributed by atoms with Crippen molar-refractivity contribution in [1.82, 2.24) is 0 Å². The first-order valence-electron chi connectivity index (χ1n) is 4.30. The summed E-state index contributed by atoms with van der Waals surface area (Å²) < 4.78 is 0. The van der Waals surface area contributed by atoms with E-state index in [4.69, 9.17) is 5.73 Å². The van der Waals surface area contributed by atoms with Crippen molar-refractivity contribution < 1.29 is 14.7 Å². The fraction of sp³-hybridized carbons (Fsp3) is 0.875. The molecule has 0 aromatic rings. The summed E-state index contributed by atoms with van der Waals surface area (Å²) >= 11 is 0. The average Bonchev–Trinajstić information content (AvgIpc) is 2.02. The highest BCUT2D eigenvalue weighted by atomic mass is 16.7. The van der Waals surface area contributed by atoms with Crippen LogP contribution in [0.15, 0.2) is 0 Å². The third-order valence-corrected chi connectivity index (χ3v) is 1.75. The van der Waals surface area contributed by atoms with E-state index in [-0.39, 0.29) is 6.42 Å². The van der Waals surface area contributed by atoms with Gasteiger partial charge in [-0.1, -0.05) is 13.8 Å². The minimum absolute atomic E-state index is 0.148. The van der Waals surface area contributed by atoms with E-state index in [1.165, 1.54) is 0 Å². The normalized spacial score (nSPS) is 15.5. The first kappa shape index (κ1) is 12.3. The molecule has 0 aliphatic carbocycles. The number of hydrogen-bond acceptors (Lipinski definition) is 5. The molecule has 0 saturated heterocycles. The molecular weight excluding hydrogens is 172 g/mol. The first-order chi connectivity index (χ1) is 5.97. The number of aliphatic hydroxyl groups is 1. The van der Waals surface area contributed by atoms with E-state index in [1.807, 2.05) is 13.8 Å². The van der Waals surface area contributed by atoms with Gasteiger partial charge in [-0.25, -0.2) is 0 Å². The molecule has 0 aromatic heterocycles. The summed E-state index contributed by atoms with van der Waals surface area (Å²) in [6.07, 6.45) is -0.359. The lowest BCUT2D eigenvalue weighted by Crippen LogP contribution is -2.37. The molecule has 0 aromatic carbocycles. The van der Waals surface area contributed by atoms with Gasteiger partial charge in [0.15, 0.2) is 0 Å². The van der Waals surface area contributed by atoms with Gasteiger partial charge in [0.1, 0.15) is 0 Å². The average molecular weight is 190 g/mol. The van der Waals surface area contributed by atoms with Gasteiger partial charge in [-0.2, -0.15) is 5.90 Å². The molecule has 0 heterocycles. The van der Waals surface area contributed by atoms with Crippen molar-refractivity contribution in [2.45, 2.75) is 38.8 Å². The number of rotatable bonds is 5. The molecule has 0 unspecified atom stereocenters. The van der Waals surface area contributed by atoms with Crippen molar-refractivity contribution in [3.8, 4) is 0 Å². The van der Waals surface area contributed by atoms with Crippen molar-refractivity contribution in [3.05, 3.63) is 0 Å². The predicted octanol–water partition coefficient (Wildman–Crippen LogP) is -0.472. The van der Waals surface area contributed by atoms with Crippen molar-refractivity contribution in [3.63, 3.8) is 0 Å². The monoisotopic (exact) mass is 190 g/mol. The standard InChI is InChI=1S/C8H18N2O3/c1-5(2)3-6(9)7(11)4-8(12)13-10/h5-7,11H,3-4,9-10H2,1-2H3/t6-,7-/m0/s1. The molecule has 0 aliphatic rings. The molecule has 0 amide bonds. The van der Waals surface area contributed by atoms with Crippen LogP contribution in [0.3, 0.4) is 0 Å². The third-order valence-electron chi connectivity index (χ3n) is 1.75. The largest absolute Gasteiger partial charge is 0.391 e. The van der Waals surface area contributed by atoms with Gasteiger partial charge < -0.3 is 15.7 Å². The van der Waals surface area contributed by atoms with Gasteiger partial charge in [0.05, 0.1) is 12.5 Å². The zero-order valence-electron chi connectivity index (χ0n) is 8.06. The van der Waals surface area contributed by atoms with E-state index in [0.717, 1.165) is 0 Å². The molecule has 5 nitrogen and oxygen atoms in total. The maximum Gasteiger partial charge on any atom is 0.327 e. The second-order valence-electron chi connectivity index (χ2n) is 3.55. The predicted molar refractivity (Wildman–Crippen MR) is 48.3 cm³/mol. The van der Waals surface area contributed by atoms with Crippen LogP contribution in [0.2, 0.25) is 0 Å². The molecule has 0 bridgehead atoms. The maximum atomic E-state index is 10.6. The lowest BCUT2D eigenvalue weighted by molar-refractivity contribution is -0.146. The van der Waals surface area contributed by atoms with E-state index in [9.17, 15) is 9.90 Å². The summed E-state index contributed by atoms with van der Waals surface area (Å²) in [6, 6.07) is -0.404. The fourth-order valence-electron chi connectivity index (χ4n) is 1.07. The van der Waals surface area contributed by atoms with Crippen LogP contribution in [0.5, 0.6) is 0 Å². The van der Waals surface area contributed by atoms with Crippen LogP contribution in [0.1, 0.15) is 26.7 Å². The van der Waals surface area contributed by atoms with Gasteiger partial charge in [-0.15, -0.1) is 0 Å². The molecule has 0 radical (unpaired) electrons. The third kappa shape index (κ3) is 5.57. The minimum atomic E-state index is -0.876. The lowest BCUT2D eigenvalue weighted by Gasteiger charge is -2.19. The van der Waals surface area contributed by atoms with E-state index < -0.39 is 18.1 Å². The Labute approximate surface area is 78.0 Å². The number of carbonyl (C=O) groups excluding carboxylic acids is 1. The topological polar surface area (TPSA) is 98.6 Å². The van der Waals surface area contributed by atoms with Gasteiger partial charge in [-0.3, -0.25) is 4.79 Å². The first-order valence-corrected chi connectivity index (χ1v) is 4.30. The number of carbonyl (C=O) groups is 1. The molecule has 0 saturated carbocycles. The summed E-state index contributed by atoms with van der Waals surface area (Å²) in [4.78, 5) is 14.6. The van der Waals surface area contributed by atoms with Gasteiger partial charge in [-0.05, 0) is 12.3 Å². The highest BCUT2D eigenvalue weighted by Crippen LogP contribution is 2.08. The van der Waals surface area contributed by atoms with E-state index in [2.05, 4.69) is 10.7 Å². The summed E-state index contributed by atoms with van der Waals surface area (Å²) in [5.41, 5.74) is 5.62. The van der Waals surface area contributed by atoms with Gasteiger partial charge in [0.25, 0.3) is 0 Å². The fourth-order valence-corrected chi connectivity index (χ4v) is 1.07. The summed E-state index contributed by atoms with van der Waals surface area (Å²) in [5, 5.41) is 9.39. The Morgan fingerprint density at radius 2 is 2.08 bits per heavy atom. The maximum absolute atomic E-state index is 10.6. The summed E-state index contributed by atoms with van der Waals surface area (Å²) in [7, 11) is 0. The Morgan fingerprint density at radius 3 is 2.46 bits per heavy atom. The highest BCUT2D eigenvalue weighted by molar-refractivity contribution is 5.69. The Bertz CT molecular complexity index is 161. The van der Waals surface area contributed by atoms with E-state index >= 15 is 0 Å². The molecule has 13 heavy (non-hydrogen) atoms. The zero-order valence-corrected chi connectivity index (χ0v) is 8.06. The number of aliphatic hydroxyl groups excluding tert-OH is 1. The smallest absolute Gasteiger partial charge is 0.327 e. The second-order valence-corrected chi connectivity index (χ2v) is 3.55. The molecule has 5 N–H and O–H groups in total. The van der Waals surface area contributed by atoms with Crippen molar-refractivity contribution in [2.24, 2.45) is 17.5 Å². The van der Waals surface area contributed by atoms with Crippen LogP contribution in [-0.2, 0) is 9.63 Å². The molecule has 78 valence electrons. The lowest BCUT2D eigenvalue weighted by atomic mass is 9.98. The Kier molecular flexibility index (Phi) is 5.61. The van der Waals surface area contributed by atoms with Gasteiger partial charge in [0, 0.05) is 6.04 Å². The van der Waals surface area contributed by atoms with Crippen LogP contribution >= 0.6 is 0 Å². The van der Waals surface area contributed by atoms with Crippen LogP contribution in [-0.4, -0.2) is 23.2 Å². The van der Waals surface area contributed by atoms with Crippen LogP contribution < -0.4 is 11.6 Å². The quantitative estimate of drug-likeness (QED) is 0.509. The second kappa shape index (κ2) is 5.90. The SMILES string of the molecule is CC(C)C[C@H](N)[C@@H](O)CC(=O)ON. The molecule has 0 rings (SSSR count). The van der Waals surface area contributed by atoms with Crippen LogP contribution in [0.25, 0.3) is 0 Å². The molecule has 2 atom stereocenters. The van der Waals surface area contributed by atoms with Crippen LogP contribution in [0, 0.1) is 5.92 Å². The molecular formula is C8H18N2O3. The Hall–Kier alpha value is -0.650. The van der Waals surface area contributed by atoms with Crippen molar-refractivity contribution in [2.75, 3.05) is 0 Å². The minimum Gasteiger partial charge on any atom is -0.391 e. The van der Waals surface area contributed by atoms with E-state index in [0.29, 0.717) is 12.3 Å². The Morgan fingerprint density at radius 1 is 1.54 bits per heavy atom. The molecule has 0 fully saturated rings.